The zero-order valence-corrected chi connectivity index (χ0v) is 13.4. The smallest absolute Gasteiger partial charge is 0.334 e. The molecule has 4 atom stereocenters. The molecular formula is C13H28O4Si. The minimum atomic E-state index is -2.02. The molecule has 5 heteroatoms. The van der Waals surface area contributed by atoms with Gasteiger partial charge in [-0.1, -0.05) is 13.8 Å². The van der Waals surface area contributed by atoms with E-state index in [0.717, 1.165) is 25.7 Å². The van der Waals surface area contributed by atoms with E-state index in [1.54, 1.807) is 0 Å². The predicted octanol–water partition coefficient (Wildman–Crippen LogP) is 2.71. The summed E-state index contributed by atoms with van der Waals surface area (Å²) >= 11 is 0. The summed E-state index contributed by atoms with van der Waals surface area (Å²) < 4.78 is 23.0. The summed E-state index contributed by atoms with van der Waals surface area (Å²) in [5.41, 5.74) is 0. The Morgan fingerprint density at radius 2 is 2.00 bits per heavy atom. The van der Waals surface area contributed by atoms with Crippen molar-refractivity contribution in [2.24, 2.45) is 0 Å². The first-order valence-electron chi connectivity index (χ1n) is 7.09. The minimum Gasteiger partial charge on any atom is -0.395 e. The maximum atomic E-state index is 6.18. The average molecular weight is 276 g/mol. The molecule has 0 radical (unpaired) electrons. The molecule has 0 N–H and O–H groups in total. The summed E-state index contributed by atoms with van der Waals surface area (Å²) in [5, 5.41) is 0. The maximum absolute atomic E-state index is 6.18. The molecule has 1 rings (SSSR count). The molecule has 4 nitrogen and oxygen atoms in total. The molecule has 0 aromatic carbocycles. The van der Waals surface area contributed by atoms with E-state index in [9.17, 15) is 0 Å². The van der Waals surface area contributed by atoms with Crippen LogP contribution in [0, 0.1) is 0 Å². The monoisotopic (exact) mass is 276 g/mol. The molecule has 1 aliphatic rings. The molecule has 0 saturated carbocycles. The van der Waals surface area contributed by atoms with Crippen LogP contribution in [0.2, 0.25) is 12.6 Å². The molecule has 1 aliphatic heterocycles. The standard InChI is InChI=1S/C13H28O4Si/c1-6-13(15-10-12-9-14-12)11(4)17-18(5,8-3)16-7-2/h11-13H,6-10H2,1-5H3. The molecule has 0 spiro atoms. The number of hydrogen-bond acceptors (Lipinski definition) is 4. The van der Waals surface area contributed by atoms with E-state index in [1.807, 2.05) is 6.92 Å². The molecule has 18 heavy (non-hydrogen) atoms. The highest BCUT2D eigenvalue weighted by Gasteiger charge is 2.34. The second-order valence-corrected chi connectivity index (χ2v) is 8.48. The Morgan fingerprint density at radius 3 is 2.44 bits per heavy atom. The fraction of sp³-hybridized carbons (Fsp3) is 1.00. The molecule has 0 aromatic rings. The van der Waals surface area contributed by atoms with Crippen LogP contribution in [0.25, 0.3) is 0 Å². The van der Waals surface area contributed by atoms with E-state index in [1.165, 1.54) is 0 Å². The Balaban J connectivity index is 2.40. The summed E-state index contributed by atoms with van der Waals surface area (Å²) in [6, 6.07) is 0.966. The molecule has 4 unspecified atom stereocenters. The lowest BCUT2D eigenvalue weighted by atomic mass is 10.2. The van der Waals surface area contributed by atoms with Crippen molar-refractivity contribution in [3.05, 3.63) is 0 Å². The quantitative estimate of drug-likeness (QED) is 0.454. The largest absolute Gasteiger partial charge is 0.395 e. The van der Waals surface area contributed by atoms with Crippen molar-refractivity contribution < 1.29 is 18.3 Å². The highest BCUT2D eigenvalue weighted by atomic mass is 28.4. The van der Waals surface area contributed by atoms with Crippen LogP contribution < -0.4 is 0 Å². The van der Waals surface area contributed by atoms with Crippen molar-refractivity contribution in [3.63, 3.8) is 0 Å². The molecule has 1 heterocycles. The minimum absolute atomic E-state index is 0.0805. The third-order valence-corrected chi connectivity index (χ3v) is 6.41. The molecule has 0 bridgehead atoms. The zero-order valence-electron chi connectivity index (χ0n) is 12.4. The topological polar surface area (TPSA) is 40.2 Å². The number of rotatable bonds is 10. The Labute approximate surface area is 112 Å². The van der Waals surface area contributed by atoms with E-state index >= 15 is 0 Å². The fourth-order valence-corrected chi connectivity index (χ4v) is 3.96. The van der Waals surface area contributed by atoms with Crippen molar-refractivity contribution in [2.75, 3.05) is 19.8 Å². The second kappa shape index (κ2) is 7.60. The van der Waals surface area contributed by atoms with Gasteiger partial charge in [0.25, 0.3) is 0 Å². The summed E-state index contributed by atoms with van der Waals surface area (Å²) in [6.45, 7) is 12.7. The summed E-state index contributed by atoms with van der Waals surface area (Å²) in [5.74, 6) is 0. The van der Waals surface area contributed by atoms with Gasteiger partial charge in [0.15, 0.2) is 0 Å². The lowest BCUT2D eigenvalue weighted by Gasteiger charge is -2.32. The van der Waals surface area contributed by atoms with E-state index in [0.29, 0.717) is 12.7 Å². The molecule has 1 fully saturated rings. The third-order valence-electron chi connectivity index (χ3n) is 3.35. The number of hydrogen-bond donors (Lipinski definition) is 0. The maximum Gasteiger partial charge on any atom is 0.334 e. The van der Waals surface area contributed by atoms with Gasteiger partial charge >= 0.3 is 8.56 Å². The highest BCUT2D eigenvalue weighted by molar-refractivity contribution is 6.65. The normalized spacial score (nSPS) is 25.5. The van der Waals surface area contributed by atoms with Crippen molar-refractivity contribution in [1.29, 1.82) is 0 Å². The van der Waals surface area contributed by atoms with Gasteiger partial charge < -0.3 is 18.3 Å². The second-order valence-electron chi connectivity index (χ2n) is 4.98. The molecular weight excluding hydrogens is 248 g/mol. The van der Waals surface area contributed by atoms with Crippen molar-refractivity contribution in [3.8, 4) is 0 Å². The predicted molar refractivity (Wildman–Crippen MR) is 74.0 cm³/mol. The van der Waals surface area contributed by atoms with Crippen LogP contribution >= 0.6 is 0 Å². The van der Waals surface area contributed by atoms with Gasteiger partial charge in [-0.05, 0) is 32.9 Å². The van der Waals surface area contributed by atoms with Crippen LogP contribution in [0.15, 0.2) is 0 Å². The van der Waals surface area contributed by atoms with Crippen LogP contribution in [0.4, 0.5) is 0 Å². The van der Waals surface area contributed by atoms with E-state index in [-0.39, 0.29) is 12.2 Å². The first kappa shape index (κ1) is 16.1. The SMILES string of the molecule is CCO[Si](C)(CC)OC(C)C(CC)OCC1CO1. The molecule has 1 saturated heterocycles. The van der Waals surface area contributed by atoms with Gasteiger partial charge in [-0.2, -0.15) is 0 Å². The van der Waals surface area contributed by atoms with Crippen molar-refractivity contribution >= 4 is 8.56 Å². The van der Waals surface area contributed by atoms with E-state index < -0.39 is 8.56 Å². The Bertz CT molecular complexity index is 235. The third kappa shape index (κ3) is 5.36. The lowest BCUT2D eigenvalue weighted by Crippen LogP contribution is -2.45. The van der Waals surface area contributed by atoms with Gasteiger partial charge in [0.1, 0.15) is 6.10 Å². The van der Waals surface area contributed by atoms with Crippen LogP contribution in [-0.2, 0) is 18.3 Å². The Morgan fingerprint density at radius 1 is 1.33 bits per heavy atom. The lowest BCUT2D eigenvalue weighted by molar-refractivity contribution is -0.0383. The first-order valence-corrected chi connectivity index (χ1v) is 9.62. The van der Waals surface area contributed by atoms with Crippen LogP contribution in [-0.4, -0.2) is 46.7 Å². The van der Waals surface area contributed by atoms with Crippen LogP contribution in [0.3, 0.4) is 0 Å². The van der Waals surface area contributed by atoms with Crippen LogP contribution in [0.1, 0.15) is 34.1 Å². The van der Waals surface area contributed by atoms with Gasteiger partial charge in [-0.25, -0.2) is 0 Å². The molecule has 108 valence electrons. The highest BCUT2D eigenvalue weighted by Crippen LogP contribution is 2.20. The number of epoxide rings is 1. The molecule has 0 aliphatic carbocycles. The summed E-state index contributed by atoms with van der Waals surface area (Å²) in [7, 11) is -2.02. The van der Waals surface area contributed by atoms with Gasteiger partial charge in [0.05, 0.1) is 25.4 Å². The van der Waals surface area contributed by atoms with Gasteiger partial charge in [-0.3, -0.25) is 0 Å². The Hall–Kier alpha value is 0.0569. The van der Waals surface area contributed by atoms with Gasteiger partial charge in [0.2, 0.25) is 0 Å². The summed E-state index contributed by atoms with van der Waals surface area (Å²) in [6.07, 6.45) is 1.48. The Kier molecular flexibility index (Phi) is 6.80. The fourth-order valence-electron chi connectivity index (χ4n) is 1.97. The summed E-state index contributed by atoms with van der Waals surface area (Å²) in [4.78, 5) is 0. The van der Waals surface area contributed by atoms with Gasteiger partial charge in [0, 0.05) is 6.61 Å². The zero-order chi connectivity index (χ0) is 13.6. The van der Waals surface area contributed by atoms with Crippen LogP contribution in [0.5, 0.6) is 0 Å². The van der Waals surface area contributed by atoms with Gasteiger partial charge in [-0.15, -0.1) is 0 Å². The van der Waals surface area contributed by atoms with Crippen molar-refractivity contribution in [1.82, 2.24) is 0 Å². The molecule has 0 aromatic heterocycles. The average Bonchev–Trinajstić information content (AvgIpc) is 3.14. The van der Waals surface area contributed by atoms with E-state index in [2.05, 4.69) is 27.3 Å². The first-order chi connectivity index (χ1) is 8.54. The van der Waals surface area contributed by atoms with E-state index in [4.69, 9.17) is 18.3 Å². The molecule has 0 amide bonds. The number of ether oxygens (including phenoxy) is 2. The van der Waals surface area contributed by atoms with Crippen molar-refractivity contribution in [2.45, 2.75) is 65.0 Å².